The van der Waals surface area contributed by atoms with Gasteiger partial charge in [0.25, 0.3) is 0 Å². The minimum atomic E-state index is -0.119. The Kier molecular flexibility index (Phi) is 23.6. The molecule has 0 amide bonds. The van der Waals surface area contributed by atoms with Crippen LogP contribution < -0.4 is 0 Å². The maximum Gasteiger partial charge on any atom is 0.305 e. The highest BCUT2D eigenvalue weighted by atomic mass is 16.5. The summed E-state index contributed by atoms with van der Waals surface area (Å²) in [6, 6.07) is 0. The summed E-state index contributed by atoms with van der Waals surface area (Å²) in [7, 11) is 0. The van der Waals surface area contributed by atoms with Gasteiger partial charge in [-0.2, -0.15) is 0 Å². The highest BCUT2D eigenvalue weighted by Crippen LogP contribution is 2.24. The normalized spacial score (nSPS) is 12.5. The SMILES string of the molecule is CCCCCCCCCCCCCCCCCOC(=O)CCCCCC(=O)OCC(C)CC(C)(C)C. The van der Waals surface area contributed by atoms with E-state index in [1.54, 1.807) is 0 Å². The van der Waals surface area contributed by atoms with E-state index in [1.807, 2.05) is 0 Å². The van der Waals surface area contributed by atoms with Crippen molar-refractivity contribution in [3.63, 3.8) is 0 Å². The van der Waals surface area contributed by atoms with Gasteiger partial charge < -0.3 is 9.47 Å². The average molecular weight is 511 g/mol. The van der Waals surface area contributed by atoms with Gasteiger partial charge in [-0.25, -0.2) is 0 Å². The van der Waals surface area contributed by atoms with Crippen molar-refractivity contribution in [2.75, 3.05) is 13.2 Å². The van der Waals surface area contributed by atoms with Gasteiger partial charge in [-0.3, -0.25) is 9.59 Å². The van der Waals surface area contributed by atoms with Crippen molar-refractivity contribution in [3.05, 3.63) is 0 Å². The maximum atomic E-state index is 11.9. The Morgan fingerprint density at radius 2 is 0.972 bits per heavy atom. The third kappa shape index (κ3) is 27.5. The first-order chi connectivity index (χ1) is 17.2. The van der Waals surface area contributed by atoms with Crippen LogP contribution in [0.25, 0.3) is 0 Å². The lowest BCUT2D eigenvalue weighted by Gasteiger charge is -2.22. The quantitative estimate of drug-likeness (QED) is 0.0905. The summed E-state index contributed by atoms with van der Waals surface area (Å²) in [4.78, 5) is 23.7. The lowest BCUT2D eigenvalue weighted by atomic mass is 9.86. The molecule has 0 aromatic heterocycles. The Morgan fingerprint density at radius 3 is 1.42 bits per heavy atom. The number of ether oxygens (including phenoxy) is 2. The molecule has 0 aliphatic heterocycles. The van der Waals surface area contributed by atoms with Crippen LogP contribution in [0.4, 0.5) is 0 Å². The summed E-state index contributed by atoms with van der Waals surface area (Å²) < 4.78 is 10.7. The Bertz CT molecular complexity index is 509. The fourth-order valence-corrected chi connectivity index (χ4v) is 4.86. The number of esters is 2. The van der Waals surface area contributed by atoms with Gasteiger partial charge in [0.15, 0.2) is 0 Å². The molecule has 0 aliphatic carbocycles. The van der Waals surface area contributed by atoms with E-state index in [9.17, 15) is 9.59 Å². The molecule has 36 heavy (non-hydrogen) atoms. The molecule has 4 heteroatoms. The van der Waals surface area contributed by atoms with Crippen LogP contribution in [-0.2, 0) is 19.1 Å². The summed E-state index contributed by atoms with van der Waals surface area (Å²) in [6.07, 6.45) is 24.4. The van der Waals surface area contributed by atoms with Gasteiger partial charge in [-0.05, 0) is 37.0 Å². The number of carbonyl (C=O) groups excluding carboxylic acids is 2. The molecule has 0 N–H and O–H groups in total. The molecule has 0 rings (SSSR count). The molecule has 214 valence electrons. The first kappa shape index (κ1) is 34.9. The summed E-state index contributed by atoms with van der Waals surface area (Å²) in [5, 5.41) is 0. The average Bonchev–Trinajstić information content (AvgIpc) is 2.81. The van der Waals surface area contributed by atoms with Gasteiger partial charge >= 0.3 is 11.9 Å². The highest BCUT2D eigenvalue weighted by Gasteiger charge is 2.16. The fraction of sp³-hybridized carbons (Fsp3) is 0.938. The second kappa shape index (κ2) is 24.3. The Balaban J connectivity index is 3.35. The molecule has 0 aromatic carbocycles. The van der Waals surface area contributed by atoms with Gasteiger partial charge in [0, 0.05) is 12.8 Å². The van der Waals surface area contributed by atoms with Crippen molar-refractivity contribution in [3.8, 4) is 0 Å². The number of hydrogen-bond donors (Lipinski definition) is 0. The van der Waals surface area contributed by atoms with Crippen LogP contribution in [0.3, 0.4) is 0 Å². The molecular weight excluding hydrogens is 448 g/mol. The molecule has 4 nitrogen and oxygen atoms in total. The van der Waals surface area contributed by atoms with Gasteiger partial charge in [-0.1, -0.05) is 131 Å². The second-order valence-electron chi connectivity index (χ2n) is 12.3. The van der Waals surface area contributed by atoms with Gasteiger partial charge in [0.05, 0.1) is 13.2 Å². The zero-order chi connectivity index (χ0) is 26.9. The number of hydrogen-bond acceptors (Lipinski definition) is 4. The molecule has 0 saturated heterocycles. The summed E-state index contributed by atoms with van der Waals surface area (Å²) in [6.45, 7) is 12.1. The van der Waals surface area contributed by atoms with E-state index in [0.29, 0.717) is 32.0 Å². The topological polar surface area (TPSA) is 52.6 Å². The van der Waals surface area contributed by atoms with E-state index >= 15 is 0 Å². The minimum Gasteiger partial charge on any atom is -0.466 e. The third-order valence-corrected chi connectivity index (χ3v) is 6.76. The van der Waals surface area contributed by atoms with Gasteiger partial charge in [0.1, 0.15) is 0 Å². The smallest absolute Gasteiger partial charge is 0.305 e. The number of carbonyl (C=O) groups is 2. The predicted octanol–water partition coefficient (Wildman–Crippen LogP) is 9.97. The van der Waals surface area contributed by atoms with Crippen LogP contribution in [0.1, 0.15) is 169 Å². The Morgan fingerprint density at radius 1 is 0.583 bits per heavy atom. The van der Waals surface area contributed by atoms with Gasteiger partial charge in [0.2, 0.25) is 0 Å². The molecule has 0 radical (unpaired) electrons. The molecule has 1 atom stereocenters. The fourth-order valence-electron chi connectivity index (χ4n) is 4.86. The van der Waals surface area contributed by atoms with Crippen molar-refractivity contribution < 1.29 is 19.1 Å². The first-order valence-electron chi connectivity index (χ1n) is 15.6. The minimum absolute atomic E-state index is 0.0982. The van der Waals surface area contributed by atoms with E-state index in [0.717, 1.165) is 38.5 Å². The zero-order valence-electron chi connectivity index (χ0n) is 25.0. The van der Waals surface area contributed by atoms with E-state index in [-0.39, 0.29) is 17.4 Å². The monoisotopic (exact) mass is 510 g/mol. The summed E-state index contributed by atoms with van der Waals surface area (Å²) >= 11 is 0. The molecule has 0 bridgehead atoms. The molecule has 0 spiro atoms. The lowest BCUT2D eigenvalue weighted by molar-refractivity contribution is -0.145. The standard InChI is InChI=1S/C32H62O4/c1-6-7-8-9-10-11-12-13-14-15-16-17-18-19-23-26-35-30(33)24-21-20-22-25-31(34)36-28-29(2)27-32(3,4)5/h29H,6-28H2,1-5H3. The Hall–Kier alpha value is -1.06. The predicted molar refractivity (Wildman–Crippen MR) is 153 cm³/mol. The van der Waals surface area contributed by atoms with Crippen molar-refractivity contribution in [1.29, 1.82) is 0 Å². The molecular formula is C32H62O4. The molecule has 0 aromatic rings. The van der Waals surface area contributed by atoms with Crippen molar-refractivity contribution in [1.82, 2.24) is 0 Å². The van der Waals surface area contributed by atoms with Crippen molar-refractivity contribution >= 4 is 11.9 Å². The van der Waals surface area contributed by atoms with E-state index in [2.05, 4.69) is 34.6 Å². The molecule has 0 saturated carbocycles. The van der Waals surface area contributed by atoms with Crippen LogP contribution in [0, 0.1) is 11.3 Å². The van der Waals surface area contributed by atoms with Crippen LogP contribution in [0.5, 0.6) is 0 Å². The summed E-state index contributed by atoms with van der Waals surface area (Å²) in [5.74, 6) is 0.165. The van der Waals surface area contributed by atoms with Crippen LogP contribution in [0.2, 0.25) is 0 Å². The highest BCUT2D eigenvalue weighted by molar-refractivity contribution is 5.69. The second-order valence-corrected chi connectivity index (χ2v) is 12.3. The van der Waals surface area contributed by atoms with Crippen molar-refractivity contribution in [2.45, 2.75) is 169 Å². The largest absolute Gasteiger partial charge is 0.466 e. The van der Waals surface area contributed by atoms with E-state index < -0.39 is 0 Å². The van der Waals surface area contributed by atoms with Crippen LogP contribution in [0.15, 0.2) is 0 Å². The zero-order valence-corrected chi connectivity index (χ0v) is 25.0. The maximum absolute atomic E-state index is 11.9. The first-order valence-corrected chi connectivity index (χ1v) is 15.6. The van der Waals surface area contributed by atoms with Gasteiger partial charge in [-0.15, -0.1) is 0 Å². The molecule has 1 unspecified atom stereocenters. The molecule has 0 heterocycles. The van der Waals surface area contributed by atoms with Crippen LogP contribution in [-0.4, -0.2) is 25.2 Å². The number of unbranched alkanes of at least 4 members (excludes halogenated alkanes) is 16. The molecule has 0 aliphatic rings. The third-order valence-electron chi connectivity index (χ3n) is 6.76. The Labute approximate surface area is 225 Å². The molecule has 0 fully saturated rings. The number of rotatable bonds is 25. The van der Waals surface area contributed by atoms with E-state index in [1.165, 1.54) is 83.5 Å². The summed E-state index contributed by atoms with van der Waals surface area (Å²) in [5.41, 5.74) is 0.257. The lowest BCUT2D eigenvalue weighted by Crippen LogP contribution is -2.17. The van der Waals surface area contributed by atoms with E-state index in [4.69, 9.17) is 9.47 Å². The van der Waals surface area contributed by atoms with Crippen LogP contribution >= 0.6 is 0 Å². The van der Waals surface area contributed by atoms with Crippen molar-refractivity contribution in [2.24, 2.45) is 11.3 Å².